The van der Waals surface area contributed by atoms with Gasteiger partial charge in [-0.1, -0.05) is 6.92 Å². The van der Waals surface area contributed by atoms with Crippen LogP contribution in [-0.4, -0.2) is 26.9 Å². The molecule has 20 heavy (non-hydrogen) atoms. The van der Waals surface area contributed by atoms with E-state index < -0.39 is 0 Å². The number of halogens is 1. The Kier molecular flexibility index (Phi) is 5.26. The lowest BCUT2D eigenvalue weighted by atomic mass is 9.92. The minimum absolute atomic E-state index is 0.0363. The molecule has 5 nitrogen and oxygen atoms in total. The van der Waals surface area contributed by atoms with Gasteiger partial charge in [-0.25, -0.2) is 0 Å². The lowest BCUT2D eigenvalue weighted by molar-refractivity contribution is 0.0599. The van der Waals surface area contributed by atoms with Crippen LogP contribution < -0.4 is 20.7 Å². The summed E-state index contributed by atoms with van der Waals surface area (Å²) in [5.74, 6) is 7.65. The van der Waals surface area contributed by atoms with Crippen molar-refractivity contribution in [1.29, 1.82) is 0 Å². The summed E-state index contributed by atoms with van der Waals surface area (Å²) in [5.41, 5.74) is 3.82. The summed E-state index contributed by atoms with van der Waals surface area (Å²) < 4.78 is 17.4. The maximum absolute atomic E-state index is 5.82. The van der Waals surface area contributed by atoms with Crippen LogP contribution >= 0.6 is 15.9 Å². The lowest BCUT2D eigenvalue weighted by Crippen LogP contribution is -2.39. The van der Waals surface area contributed by atoms with E-state index in [4.69, 9.17) is 20.1 Å². The summed E-state index contributed by atoms with van der Waals surface area (Å²) in [6.07, 6.45) is 1.08. The van der Waals surface area contributed by atoms with E-state index in [0.29, 0.717) is 5.92 Å². The van der Waals surface area contributed by atoms with Crippen molar-refractivity contribution in [2.45, 2.75) is 25.5 Å². The van der Waals surface area contributed by atoms with Crippen LogP contribution in [0.15, 0.2) is 16.6 Å². The van der Waals surface area contributed by atoms with Crippen LogP contribution in [0.25, 0.3) is 0 Å². The molecule has 1 heterocycles. The Bertz CT molecular complexity index is 470. The molecule has 1 aromatic carbocycles. The van der Waals surface area contributed by atoms with Crippen molar-refractivity contribution in [1.82, 2.24) is 5.43 Å². The predicted octanol–water partition coefficient (Wildman–Crippen LogP) is 2.40. The Balaban J connectivity index is 2.41. The van der Waals surface area contributed by atoms with Gasteiger partial charge in [0.05, 0.1) is 26.4 Å². The molecule has 0 aliphatic carbocycles. The molecular weight excluding hydrogens is 324 g/mol. The topological polar surface area (TPSA) is 65.7 Å². The van der Waals surface area contributed by atoms with Crippen molar-refractivity contribution in [3.05, 3.63) is 22.2 Å². The Labute approximate surface area is 127 Å². The van der Waals surface area contributed by atoms with E-state index in [0.717, 1.165) is 34.6 Å². The summed E-state index contributed by atoms with van der Waals surface area (Å²) >= 11 is 3.51. The molecule has 1 saturated heterocycles. The van der Waals surface area contributed by atoms with Crippen molar-refractivity contribution in [2.24, 2.45) is 11.8 Å². The molecule has 0 saturated carbocycles. The number of ether oxygens (including phenoxy) is 3. The minimum Gasteiger partial charge on any atom is -0.495 e. The first-order valence-electron chi connectivity index (χ1n) is 6.62. The van der Waals surface area contributed by atoms with Gasteiger partial charge in [-0.2, -0.15) is 0 Å². The molecule has 1 fully saturated rings. The highest BCUT2D eigenvalue weighted by molar-refractivity contribution is 9.10. The van der Waals surface area contributed by atoms with E-state index in [9.17, 15) is 0 Å². The molecule has 0 radical (unpaired) electrons. The third kappa shape index (κ3) is 2.79. The number of hydrogen-bond acceptors (Lipinski definition) is 5. The van der Waals surface area contributed by atoms with E-state index in [2.05, 4.69) is 28.3 Å². The molecule has 1 aromatic rings. The molecule has 3 unspecified atom stereocenters. The van der Waals surface area contributed by atoms with Crippen molar-refractivity contribution in [2.75, 3.05) is 20.8 Å². The summed E-state index contributed by atoms with van der Waals surface area (Å²) in [7, 11) is 3.26. The van der Waals surface area contributed by atoms with Crippen LogP contribution in [0, 0.1) is 5.92 Å². The van der Waals surface area contributed by atoms with E-state index >= 15 is 0 Å². The first-order valence-corrected chi connectivity index (χ1v) is 7.41. The summed E-state index contributed by atoms with van der Waals surface area (Å²) in [5, 5.41) is 0. The fourth-order valence-corrected chi connectivity index (χ4v) is 3.35. The van der Waals surface area contributed by atoms with Gasteiger partial charge in [-0.15, -0.1) is 0 Å². The van der Waals surface area contributed by atoms with E-state index in [1.54, 1.807) is 14.2 Å². The van der Waals surface area contributed by atoms with Crippen molar-refractivity contribution >= 4 is 15.9 Å². The second-order valence-electron chi connectivity index (χ2n) is 4.95. The first-order chi connectivity index (χ1) is 9.63. The normalized spacial score (nSPS) is 23.6. The highest BCUT2D eigenvalue weighted by Crippen LogP contribution is 2.42. The van der Waals surface area contributed by atoms with Gasteiger partial charge in [-0.05, 0) is 40.4 Å². The SMILES string of the molecule is COc1ccc(C(NN)C2OCCC2C)c(OC)c1Br. The Hall–Kier alpha value is -0.820. The molecule has 112 valence electrons. The van der Waals surface area contributed by atoms with Gasteiger partial charge >= 0.3 is 0 Å². The second kappa shape index (κ2) is 6.76. The zero-order chi connectivity index (χ0) is 14.7. The monoisotopic (exact) mass is 344 g/mol. The van der Waals surface area contributed by atoms with Gasteiger partial charge in [0.15, 0.2) is 0 Å². The van der Waals surface area contributed by atoms with Gasteiger partial charge in [0.1, 0.15) is 16.0 Å². The number of hydrogen-bond donors (Lipinski definition) is 2. The van der Waals surface area contributed by atoms with Crippen LogP contribution in [0.4, 0.5) is 0 Å². The zero-order valence-electron chi connectivity index (χ0n) is 12.0. The number of methoxy groups -OCH3 is 2. The third-order valence-electron chi connectivity index (χ3n) is 3.80. The Morgan fingerprint density at radius 2 is 2.15 bits per heavy atom. The maximum Gasteiger partial charge on any atom is 0.141 e. The van der Waals surface area contributed by atoms with Crippen LogP contribution in [0.3, 0.4) is 0 Å². The van der Waals surface area contributed by atoms with Crippen molar-refractivity contribution in [3.63, 3.8) is 0 Å². The maximum atomic E-state index is 5.82. The average Bonchev–Trinajstić information content (AvgIpc) is 2.86. The summed E-state index contributed by atoms with van der Waals surface area (Å²) in [6, 6.07) is 3.73. The van der Waals surface area contributed by atoms with E-state index in [1.807, 2.05) is 12.1 Å². The second-order valence-corrected chi connectivity index (χ2v) is 5.74. The molecule has 3 atom stereocenters. The number of hydrazine groups is 1. The van der Waals surface area contributed by atoms with Gasteiger partial charge in [0.2, 0.25) is 0 Å². The number of nitrogens with two attached hydrogens (primary N) is 1. The highest BCUT2D eigenvalue weighted by atomic mass is 79.9. The predicted molar refractivity (Wildman–Crippen MR) is 80.8 cm³/mol. The fraction of sp³-hybridized carbons (Fsp3) is 0.571. The summed E-state index contributed by atoms with van der Waals surface area (Å²) in [4.78, 5) is 0. The standard InChI is InChI=1S/C14H21BrN2O3/c1-8-6-7-20-13(8)12(17-16)9-4-5-10(18-2)11(15)14(9)19-3/h4-5,8,12-13,17H,6-7,16H2,1-3H3. The van der Waals surface area contributed by atoms with Gasteiger partial charge in [-0.3, -0.25) is 11.3 Å². The Morgan fingerprint density at radius 3 is 2.65 bits per heavy atom. The van der Waals surface area contributed by atoms with Gasteiger partial charge in [0, 0.05) is 12.2 Å². The molecule has 3 N–H and O–H groups in total. The highest BCUT2D eigenvalue weighted by Gasteiger charge is 2.34. The Morgan fingerprint density at radius 1 is 1.40 bits per heavy atom. The summed E-state index contributed by atoms with van der Waals surface area (Å²) in [6.45, 7) is 2.94. The third-order valence-corrected chi connectivity index (χ3v) is 4.55. The molecule has 0 spiro atoms. The molecule has 6 heteroatoms. The molecule has 1 aliphatic heterocycles. The molecule has 2 rings (SSSR count). The minimum atomic E-state index is -0.121. The van der Waals surface area contributed by atoms with Crippen molar-refractivity contribution < 1.29 is 14.2 Å². The van der Waals surface area contributed by atoms with Crippen LogP contribution in [0.5, 0.6) is 11.5 Å². The van der Waals surface area contributed by atoms with Crippen molar-refractivity contribution in [3.8, 4) is 11.5 Å². The van der Waals surface area contributed by atoms with Gasteiger partial charge in [0.25, 0.3) is 0 Å². The van der Waals surface area contributed by atoms with Gasteiger partial charge < -0.3 is 14.2 Å². The van der Waals surface area contributed by atoms with Crippen LogP contribution in [0.1, 0.15) is 24.9 Å². The first kappa shape index (κ1) is 15.6. The quantitative estimate of drug-likeness (QED) is 0.634. The smallest absolute Gasteiger partial charge is 0.141 e. The van der Waals surface area contributed by atoms with E-state index in [-0.39, 0.29) is 12.1 Å². The number of rotatable bonds is 5. The molecule has 0 amide bonds. The molecule has 0 aromatic heterocycles. The largest absolute Gasteiger partial charge is 0.495 e. The average molecular weight is 345 g/mol. The zero-order valence-corrected chi connectivity index (χ0v) is 13.6. The molecular formula is C14H21BrN2O3. The lowest BCUT2D eigenvalue weighted by Gasteiger charge is -2.27. The molecule has 0 bridgehead atoms. The molecule has 1 aliphatic rings. The number of benzene rings is 1. The van der Waals surface area contributed by atoms with E-state index in [1.165, 1.54) is 0 Å². The van der Waals surface area contributed by atoms with Crippen LogP contribution in [-0.2, 0) is 4.74 Å². The van der Waals surface area contributed by atoms with Crippen LogP contribution in [0.2, 0.25) is 0 Å². The fourth-order valence-electron chi connectivity index (χ4n) is 2.67. The number of nitrogens with one attached hydrogen (secondary N) is 1.